The largest absolute Gasteiger partial charge is 0.507 e. The lowest BCUT2D eigenvalue weighted by molar-refractivity contribution is 0.0231. The number of nitrogens with one attached hydrogen (secondary N) is 1. The molecule has 0 amide bonds. The van der Waals surface area contributed by atoms with Gasteiger partial charge in [0, 0.05) is 36.5 Å². The Morgan fingerprint density at radius 3 is 2.97 bits per heavy atom. The van der Waals surface area contributed by atoms with Crippen LogP contribution in [0.25, 0.3) is 17.1 Å². The van der Waals surface area contributed by atoms with E-state index in [9.17, 15) is 9.50 Å². The van der Waals surface area contributed by atoms with Gasteiger partial charge in [-0.2, -0.15) is 0 Å². The van der Waals surface area contributed by atoms with Crippen LogP contribution in [0.2, 0.25) is 0 Å². The molecule has 8 nitrogen and oxygen atoms in total. The minimum atomic E-state index is -1.09. The number of aromatic hydroxyl groups is 1. The van der Waals surface area contributed by atoms with Crippen molar-refractivity contribution in [2.75, 3.05) is 0 Å². The zero-order valence-electron chi connectivity index (χ0n) is 15.9. The van der Waals surface area contributed by atoms with Crippen molar-refractivity contribution in [2.45, 2.75) is 50.0 Å². The van der Waals surface area contributed by atoms with Gasteiger partial charge < -0.3 is 19.7 Å². The molecule has 1 unspecified atom stereocenters. The van der Waals surface area contributed by atoms with E-state index in [4.69, 9.17) is 4.74 Å². The molecule has 2 saturated heterocycles. The molecule has 2 bridgehead atoms. The maximum absolute atomic E-state index is 14.7. The van der Waals surface area contributed by atoms with Gasteiger partial charge in [0.1, 0.15) is 11.9 Å². The molecular weight excluding hydrogens is 375 g/mol. The van der Waals surface area contributed by atoms with Gasteiger partial charge in [-0.1, -0.05) is 0 Å². The summed E-state index contributed by atoms with van der Waals surface area (Å²) in [5, 5.41) is 21.8. The van der Waals surface area contributed by atoms with Crippen LogP contribution in [-0.4, -0.2) is 53.7 Å². The van der Waals surface area contributed by atoms with E-state index in [2.05, 4.69) is 32.4 Å². The summed E-state index contributed by atoms with van der Waals surface area (Å²) in [5.41, 5.74) is 1.12. The van der Waals surface area contributed by atoms with Crippen molar-refractivity contribution in [1.82, 2.24) is 30.0 Å². The van der Waals surface area contributed by atoms with Crippen molar-refractivity contribution in [3.8, 4) is 28.7 Å². The van der Waals surface area contributed by atoms with E-state index in [1.165, 1.54) is 6.20 Å². The molecule has 2 aromatic heterocycles. The van der Waals surface area contributed by atoms with Crippen LogP contribution in [-0.2, 0) is 0 Å². The average Bonchev–Trinajstić information content (AvgIpc) is 3.36. The van der Waals surface area contributed by atoms with E-state index in [1.54, 1.807) is 35.4 Å². The molecule has 1 aromatic carbocycles. The molecule has 0 radical (unpaired) electrons. The van der Waals surface area contributed by atoms with Gasteiger partial charge in [0.2, 0.25) is 0 Å². The number of aromatic nitrogens is 5. The molecule has 29 heavy (non-hydrogen) atoms. The molecule has 4 atom stereocenters. The van der Waals surface area contributed by atoms with Crippen LogP contribution in [0.15, 0.2) is 43.1 Å². The first-order valence-electron chi connectivity index (χ1n) is 9.61. The molecular formula is C20H21FN6O2. The van der Waals surface area contributed by atoms with E-state index in [1.807, 2.05) is 6.07 Å². The second-order valence-electron chi connectivity index (χ2n) is 7.95. The summed E-state index contributed by atoms with van der Waals surface area (Å²) >= 11 is 0. The number of imidazole rings is 1. The van der Waals surface area contributed by atoms with Crippen LogP contribution in [0.4, 0.5) is 4.39 Å². The predicted octanol–water partition coefficient (Wildman–Crippen LogP) is 2.43. The van der Waals surface area contributed by atoms with Gasteiger partial charge in [-0.25, -0.2) is 14.4 Å². The van der Waals surface area contributed by atoms with Gasteiger partial charge >= 0.3 is 0 Å². The normalized spacial score (nSPS) is 28.4. The molecule has 0 spiro atoms. The zero-order valence-corrected chi connectivity index (χ0v) is 15.9. The Bertz CT molecular complexity index is 1010. The van der Waals surface area contributed by atoms with Crippen LogP contribution in [0.1, 0.15) is 26.2 Å². The van der Waals surface area contributed by atoms with Gasteiger partial charge in [0.05, 0.1) is 23.8 Å². The van der Waals surface area contributed by atoms with Crippen molar-refractivity contribution >= 4 is 0 Å². The van der Waals surface area contributed by atoms with Crippen molar-refractivity contribution in [1.29, 1.82) is 0 Å². The Kier molecular flexibility index (Phi) is 4.20. The van der Waals surface area contributed by atoms with E-state index in [0.29, 0.717) is 12.0 Å². The Morgan fingerprint density at radius 1 is 1.34 bits per heavy atom. The first kappa shape index (κ1) is 18.0. The summed E-state index contributed by atoms with van der Waals surface area (Å²) in [6.07, 6.45) is 7.17. The number of phenolic OH excluding ortho intramolecular Hbond substituents is 1. The molecule has 9 heteroatoms. The number of halogens is 1. The van der Waals surface area contributed by atoms with Crippen molar-refractivity contribution in [2.24, 2.45) is 0 Å². The smallest absolute Gasteiger partial charge is 0.252 e. The van der Waals surface area contributed by atoms with Crippen LogP contribution in [0, 0.1) is 0 Å². The number of hydrogen-bond donors (Lipinski definition) is 2. The van der Waals surface area contributed by atoms with Crippen LogP contribution >= 0.6 is 0 Å². The number of piperidine rings is 1. The lowest BCUT2D eigenvalue weighted by Crippen LogP contribution is -2.57. The fraction of sp³-hybridized carbons (Fsp3) is 0.400. The predicted molar refractivity (Wildman–Crippen MR) is 103 cm³/mol. The van der Waals surface area contributed by atoms with Gasteiger partial charge in [0.15, 0.2) is 12.0 Å². The summed E-state index contributed by atoms with van der Waals surface area (Å²) < 4.78 is 22.2. The summed E-state index contributed by atoms with van der Waals surface area (Å²) in [7, 11) is 0. The molecule has 2 aliphatic rings. The van der Waals surface area contributed by atoms with Crippen molar-refractivity contribution < 1.29 is 14.2 Å². The standard InChI is InChI=1S/C20H21FN6O2/c1-20-5-4-14(24-20)18(21)16(9-20)29-17-10-23-19(26-25-17)13-3-2-12(8-15(13)28)27-7-6-22-11-27/h2-3,6-8,10-11,14,16,18,24,28H,4-5,9H2,1H3/t14?,16-,18+,20-/m0/s1. The van der Waals surface area contributed by atoms with E-state index >= 15 is 0 Å². The Balaban J connectivity index is 1.33. The molecule has 4 heterocycles. The average molecular weight is 396 g/mol. The third-order valence-corrected chi connectivity index (χ3v) is 5.77. The lowest BCUT2D eigenvalue weighted by Gasteiger charge is -2.38. The number of benzene rings is 1. The van der Waals surface area contributed by atoms with Crippen LogP contribution in [0.5, 0.6) is 11.6 Å². The molecule has 2 aliphatic heterocycles. The van der Waals surface area contributed by atoms with Gasteiger partial charge in [-0.05, 0) is 31.9 Å². The minimum absolute atomic E-state index is 0.0262. The summed E-state index contributed by atoms with van der Waals surface area (Å²) in [4.78, 5) is 8.24. The monoisotopic (exact) mass is 396 g/mol. The number of fused-ring (bicyclic) bond motifs is 2. The number of rotatable bonds is 4. The molecule has 150 valence electrons. The second kappa shape index (κ2) is 6.77. The second-order valence-corrected chi connectivity index (χ2v) is 7.95. The Morgan fingerprint density at radius 2 is 2.24 bits per heavy atom. The van der Waals surface area contributed by atoms with Crippen LogP contribution < -0.4 is 10.1 Å². The van der Waals surface area contributed by atoms with Gasteiger partial charge in [-0.3, -0.25) is 0 Å². The lowest BCUT2D eigenvalue weighted by atomic mass is 9.90. The molecule has 0 saturated carbocycles. The van der Waals surface area contributed by atoms with E-state index in [-0.39, 0.29) is 29.0 Å². The molecule has 3 aromatic rings. The van der Waals surface area contributed by atoms with Gasteiger partial charge in [-0.15, -0.1) is 10.2 Å². The fourth-order valence-corrected chi connectivity index (χ4v) is 4.27. The minimum Gasteiger partial charge on any atom is -0.507 e. The number of alkyl halides is 1. The van der Waals surface area contributed by atoms with E-state index in [0.717, 1.165) is 18.5 Å². The number of phenols is 1. The Hall–Kier alpha value is -3.07. The number of hydrogen-bond acceptors (Lipinski definition) is 7. The third-order valence-electron chi connectivity index (χ3n) is 5.77. The summed E-state index contributed by atoms with van der Waals surface area (Å²) in [5.74, 6) is 0.473. The molecule has 2 fully saturated rings. The summed E-state index contributed by atoms with van der Waals surface area (Å²) in [6.45, 7) is 2.10. The number of nitrogens with zero attached hydrogens (tertiary/aromatic N) is 5. The molecule has 2 N–H and O–H groups in total. The fourth-order valence-electron chi connectivity index (χ4n) is 4.27. The topological polar surface area (TPSA) is 98.0 Å². The van der Waals surface area contributed by atoms with E-state index < -0.39 is 12.3 Å². The Labute approximate surface area is 166 Å². The first-order valence-corrected chi connectivity index (χ1v) is 9.61. The van der Waals surface area contributed by atoms with Crippen molar-refractivity contribution in [3.63, 3.8) is 0 Å². The van der Waals surface area contributed by atoms with Crippen molar-refractivity contribution in [3.05, 3.63) is 43.1 Å². The molecule has 0 aliphatic carbocycles. The van der Waals surface area contributed by atoms with Crippen LogP contribution in [0.3, 0.4) is 0 Å². The highest BCUT2D eigenvalue weighted by Gasteiger charge is 2.49. The quantitative estimate of drug-likeness (QED) is 0.699. The van der Waals surface area contributed by atoms with Gasteiger partial charge in [0.25, 0.3) is 5.88 Å². The SMILES string of the molecule is C[C@@]12CCC(N1)[C@@H](F)[C@@H](Oc1cnc(-c3ccc(-n4ccnc4)cc3O)nn1)C2. The maximum Gasteiger partial charge on any atom is 0.252 e. The maximum atomic E-state index is 14.7. The third kappa shape index (κ3) is 3.31. The first-order chi connectivity index (χ1) is 14.0. The molecule has 5 rings (SSSR count). The number of ether oxygens (including phenoxy) is 1. The highest BCUT2D eigenvalue weighted by atomic mass is 19.1. The highest BCUT2D eigenvalue weighted by Crippen LogP contribution is 2.38. The summed E-state index contributed by atoms with van der Waals surface area (Å²) in [6, 6.07) is 4.96. The highest BCUT2D eigenvalue weighted by molar-refractivity contribution is 5.65. The zero-order chi connectivity index (χ0) is 20.0.